The zero-order valence-electron chi connectivity index (χ0n) is 12.9. The summed E-state index contributed by atoms with van der Waals surface area (Å²) < 4.78 is 9.83. The number of hydrogen-bond donors (Lipinski definition) is 0. The number of methoxy groups -OCH3 is 1. The molecule has 0 saturated heterocycles. The predicted molar refractivity (Wildman–Crippen MR) is 83.0 cm³/mol. The van der Waals surface area contributed by atoms with Crippen LogP contribution in [0.25, 0.3) is 0 Å². The molecule has 5 heteroatoms. The number of ether oxygens (including phenoxy) is 1. The van der Waals surface area contributed by atoms with Gasteiger partial charge in [0.2, 0.25) is 0 Å². The highest BCUT2D eigenvalue weighted by atomic mass is 16.6. The Morgan fingerprint density at radius 1 is 1.27 bits per heavy atom. The highest BCUT2D eigenvalue weighted by Crippen LogP contribution is 2.15. The molecule has 0 N–H and O–H groups in total. The molecule has 0 spiro atoms. The van der Waals surface area contributed by atoms with E-state index in [0.717, 1.165) is 5.56 Å². The van der Waals surface area contributed by atoms with Gasteiger partial charge in [0.1, 0.15) is 5.56 Å². The number of carbonyl (C=O) groups excluding carboxylic acids is 1. The Bertz CT molecular complexity index is 641. The zero-order chi connectivity index (χ0) is 15.9. The lowest BCUT2D eigenvalue weighted by Gasteiger charge is -2.04. The molecule has 1 heterocycles. The normalized spacial score (nSPS) is 11.1. The van der Waals surface area contributed by atoms with Gasteiger partial charge in [-0.3, -0.25) is 0 Å². The molecule has 0 radical (unpaired) electrons. The lowest BCUT2D eigenvalue weighted by atomic mass is 10.0. The van der Waals surface area contributed by atoms with Crippen LogP contribution in [-0.4, -0.2) is 19.3 Å². The van der Waals surface area contributed by atoms with Gasteiger partial charge in [0.25, 0.3) is 0 Å². The van der Waals surface area contributed by atoms with Crippen molar-refractivity contribution in [3.8, 4) is 0 Å². The molecule has 2 rings (SSSR count). The predicted octanol–water partition coefficient (Wildman–Crippen LogP) is 3.74. The quantitative estimate of drug-likeness (QED) is 0.463. The molecular weight excluding hydrogens is 282 g/mol. The number of nitrogens with zero attached hydrogens (tertiary/aromatic N) is 1. The summed E-state index contributed by atoms with van der Waals surface area (Å²) in [5.74, 6) is 0.428. The van der Waals surface area contributed by atoms with Gasteiger partial charge in [-0.2, -0.15) is 0 Å². The van der Waals surface area contributed by atoms with Crippen molar-refractivity contribution in [1.82, 2.24) is 0 Å². The maximum Gasteiger partial charge on any atom is 0.341 e. The van der Waals surface area contributed by atoms with Gasteiger partial charge < -0.3 is 14.0 Å². The van der Waals surface area contributed by atoms with Gasteiger partial charge in [-0.25, -0.2) is 4.79 Å². The number of oxime groups is 1. The summed E-state index contributed by atoms with van der Waals surface area (Å²) in [5, 5.41) is 3.88. The van der Waals surface area contributed by atoms with Crippen LogP contribution >= 0.6 is 0 Å². The second-order valence-corrected chi connectivity index (χ2v) is 5.08. The van der Waals surface area contributed by atoms with E-state index in [1.54, 1.807) is 12.3 Å². The van der Waals surface area contributed by atoms with Gasteiger partial charge >= 0.3 is 5.97 Å². The van der Waals surface area contributed by atoms with Crippen LogP contribution in [0.5, 0.6) is 0 Å². The number of rotatable bonds is 6. The highest BCUT2D eigenvalue weighted by Gasteiger charge is 2.15. The van der Waals surface area contributed by atoms with Gasteiger partial charge in [0.05, 0.1) is 19.6 Å². The number of esters is 1. The molecule has 2 aromatic rings. The van der Waals surface area contributed by atoms with Crippen molar-refractivity contribution in [3.63, 3.8) is 0 Å². The minimum absolute atomic E-state index is 0.0675. The molecule has 1 aromatic heterocycles. The molecule has 0 atom stereocenters. The molecule has 5 nitrogen and oxygen atoms in total. The van der Waals surface area contributed by atoms with Crippen LogP contribution in [0.2, 0.25) is 0 Å². The van der Waals surface area contributed by atoms with Crippen LogP contribution < -0.4 is 0 Å². The van der Waals surface area contributed by atoms with Crippen molar-refractivity contribution in [3.05, 3.63) is 59.0 Å². The maximum atomic E-state index is 11.5. The first-order valence-electron chi connectivity index (χ1n) is 7.01. The summed E-state index contributed by atoms with van der Waals surface area (Å²) in [6.45, 7) is 4.36. The van der Waals surface area contributed by atoms with E-state index in [1.165, 1.54) is 18.9 Å². The summed E-state index contributed by atoms with van der Waals surface area (Å²) in [6, 6.07) is 9.63. The summed E-state index contributed by atoms with van der Waals surface area (Å²) in [5.41, 5.74) is 2.56. The SMILES string of the molecule is COC(=O)c1ccoc1CO/N=C/c1ccc(C(C)C)cc1. The lowest BCUT2D eigenvalue weighted by Crippen LogP contribution is -2.03. The van der Waals surface area contributed by atoms with E-state index < -0.39 is 5.97 Å². The number of benzene rings is 1. The smallest absolute Gasteiger partial charge is 0.341 e. The number of furan rings is 1. The zero-order valence-corrected chi connectivity index (χ0v) is 12.9. The Morgan fingerprint density at radius 2 is 2.00 bits per heavy atom. The van der Waals surface area contributed by atoms with Gasteiger partial charge in [-0.1, -0.05) is 43.3 Å². The molecule has 0 bridgehead atoms. The molecule has 0 unspecified atom stereocenters. The van der Waals surface area contributed by atoms with Crippen molar-refractivity contribution in [2.45, 2.75) is 26.4 Å². The minimum atomic E-state index is -0.458. The summed E-state index contributed by atoms with van der Waals surface area (Å²) in [6.07, 6.45) is 3.03. The van der Waals surface area contributed by atoms with Gasteiger partial charge in [0.15, 0.2) is 12.4 Å². The molecular formula is C17H19NO4. The first-order valence-corrected chi connectivity index (χ1v) is 7.01. The standard InChI is InChI=1S/C17H19NO4/c1-12(2)14-6-4-13(5-7-14)10-18-22-11-16-15(8-9-21-16)17(19)20-3/h4-10,12H,11H2,1-3H3/b18-10+. The molecule has 116 valence electrons. The van der Waals surface area contributed by atoms with Gasteiger partial charge in [-0.15, -0.1) is 0 Å². The average Bonchev–Trinajstić information content (AvgIpc) is 2.99. The summed E-state index contributed by atoms with van der Waals surface area (Å²) in [7, 11) is 1.32. The van der Waals surface area contributed by atoms with Crippen LogP contribution in [0.15, 0.2) is 46.2 Å². The van der Waals surface area contributed by atoms with Gasteiger partial charge in [0, 0.05) is 0 Å². The fourth-order valence-electron chi connectivity index (χ4n) is 1.91. The van der Waals surface area contributed by atoms with E-state index in [4.69, 9.17) is 9.25 Å². The van der Waals surface area contributed by atoms with E-state index in [1.807, 2.05) is 12.1 Å². The topological polar surface area (TPSA) is 61.0 Å². The second-order valence-electron chi connectivity index (χ2n) is 5.08. The van der Waals surface area contributed by atoms with Crippen molar-refractivity contribution in [2.24, 2.45) is 5.16 Å². The van der Waals surface area contributed by atoms with E-state index in [9.17, 15) is 4.79 Å². The second kappa shape index (κ2) is 7.45. The van der Waals surface area contributed by atoms with E-state index in [-0.39, 0.29) is 6.61 Å². The fraction of sp³-hybridized carbons (Fsp3) is 0.294. The third kappa shape index (κ3) is 3.97. The van der Waals surface area contributed by atoms with Crippen molar-refractivity contribution in [2.75, 3.05) is 7.11 Å². The van der Waals surface area contributed by atoms with Crippen molar-refractivity contribution in [1.29, 1.82) is 0 Å². The molecule has 0 saturated carbocycles. The Labute approximate surface area is 129 Å². The van der Waals surface area contributed by atoms with Crippen molar-refractivity contribution < 1.29 is 18.8 Å². The Hall–Kier alpha value is -2.56. The van der Waals surface area contributed by atoms with Crippen LogP contribution in [0.3, 0.4) is 0 Å². The number of hydrogen-bond acceptors (Lipinski definition) is 5. The number of carbonyl (C=O) groups is 1. The molecule has 0 fully saturated rings. The first kappa shape index (κ1) is 15.8. The molecule has 0 aliphatic heterocycles. The largest absolute Gasteiger partial charge is 0.465 e. The first-order chi connectivity index (χ1) is 10.6. The summed E-state index contributed by atoms with van der Waals surface area (Å²) in [4.78, 5) is 16.6. The van der Waals surface area contributed by atoms with Crippen LogP contribution in [0.1, 0.15) is 47.0 Å². The monoisotopic (exact) mass is 301 g/mol. The van der Waals surface area contributed by atoms with Crippen LogP contribution in [0.4, 0.5) is 0 Å². The molecule has 0 amide bonds. The average molecular weight is 301 g/mol. The maximum absolute atomic E-state index is 11.5. The summed E-state index contributed by atoms with van der Waals surface area (Å²) >= 11 is 0. The molecule has 1 aromatic carbocycles. The van der Waals surface area contributed by atoms with Gasteiger partial charge in [-0.05, 0) is 23.1 Å². The Kier molecular flexibility index (Phi) is 5.36. The molecule has 0 aliphatic carbocycles. The van der Waals surface area contributed by atoms with E-state index >= 15 is 0 Å². The molecule has 0 aliphatic rings. The van der Waals surface area contributed by atoms with E-state index in [0.29, 0.717) is 17.2 Å². The third-order valence-corrected chi connectivity index (χ3v) is 3.23. The fourth-order valence-corrected chi connectivity index (χ4v) is 1.91. The third-order valence-electron chi connectivity index (χ3n) is 3.23. The Balaban J connectivity index is 1.91. The van der Waals surface area contributed by atoms with E-state index in [2.05, 4.69) is 35.9 Å². The molecule has 22 heavy (non-hydrogen) atoms. The Morgan fingerprint density at radius 3 is 2.64 bits per heavy atom. The lowest BCUT2D eigenvalue weighted by molar-refractivity contribution is 0.0587. The minimum Gasteiger partial charge on any atom is -0.465 e. The van der Waals surface area contributed by atoms with Crippen LogP contribution in [0, 0.1) is 0 Å². The van der Waals surface area contributed by atoms with Crippen molar-refractivity contribution >= 4 is 12.2 Å². The highest BCUT2D eigenvalue weighted by molar-refractivity contribution is 5.90. The van der Waals surface area contributed by atoms with Crippen LogP contribution in [-0.2, 0) is 16.2 Å².